The minimum absolute atomic E-state index is 0.192. The lowest BCUT2D eigenvalue weighted by Crippen LogP contribution is -2.20. The predicted octanol–water partition coefficient (Wildman–Crippen LogP) is 6.20. The number of rotatable bonds is 7. The van der Waals surface area contributed by atoms with E-state index in [9.17, 15) is 13.2 Å². The molecule has 108 valence electrons. The number of hydrogen-bond acceptors (Lipinski definition) is 0. The van der Waals surface area contributed by atoms with E-state index in [-0.39, 0.29) is 6.42 Å². The molecule has 0 N–H and O–H groups in total. The van der Waals surface area contributed by atoms with Crippen molar-refractivity contribution >= 4 is 15.9 Å². The van der Waals surface area contributed by atoms with E-state index in [1.165, 1.54) is 0 Å². The topological polar surface area (TPSA) is 0 Å². The maximum Gasteiger partial charge on any atom is 0.395 e. The standard InChI is InChI=1S/C15H20BrF3/c1-2-3-4-5-6-14(15(17,18)19)13-9-7-12(11-16)8-10-13/h7-10,14H,2-6,11H2,1H3. The molecule has 1 atom stereocenters. The highest BCUT2D eigenvalue weighted by atomic mass is 79.9. The summed E-state index contributed by atoms with van der Waals surface area (Å²) in [6.07, 6.45) is -0.399. The molecule has 0 heterocycles. The number of unbranched alkanes of at least 4 members (excludes halogenated alkanes) is 3. The highest BCUT2D eigenvalue weighted by molar-refractivity contribution is 9.08. The van der Waals surface area contributed by atoms with Crippen LogP contribution in [0.2, 0.25) is 0 Å². The van der Waals surface area contributed by atoms with Gasteiger partial charge in [0.2, 0.25) is 0 Å². The Kier molecular flexibility index (Phi) is 6.90. The van der Waals surface area contributed by atoms with Gasteiger partial charge in [0.15, 0.2) is 0 Å². The summed E-state index contributed by atoms with van der Waals surface area (Å²) in [5.41, 5.74) is 1.38. The minimum Gasteiger partial charge on any atom is -0.170 e. The Labute approximate surface area is 121 Å². The van der Waals surface area contributed by atoms with E-state index in [2.05, 4.69) is 22.9 Å². The normalized spacial score (nSPS) is 13.5. The van der Waals surface area contributed by atoms with Crippen molar-refractivity contribution in [1.29, 1.82) is 0 Å². The van der Waals surface area contributed by atoms with E-state index in [0.717, 1.165) is 24.8 Å². The molecule has 0 radical (unpaired) electrons. The van der Waals surface area contributed by atoms with Crippen LogP contribution in [-0.4, -0.2) is 6.18 Å². The SMILES string of the molecule is CCCCCCC(c1ccc(CBr)cc1)C(F)(F)F. The fraction of sp³-hybridized carbons (Fsp3) is 0.600. The molecule has 0 aliphatic carbocycles. The van der Waals surface area contributed by atoms with Crippen LogP contribution >= 0.6 is 15.9 Å². The summed E-state index contributed by atoms with van der Waals surface area (Å²) in [4.78, 5) is 0. The number of alkyl halides is 4. The zero-order chi connectivity index (χ0) is 14.3. The third-order valence-corrected chi connectivity index (χ3v) is 3.93. The third kappa shape index (κ3) is 5.55. The Morgan fingerprint density at radius 1 is 1.05 bits per heavy atom. The summed E-state index contributed by atoms with van der Waals surface area (Å²) in [5.74, 6) is -1.33. The summed E-state index contributed by atoms with van der Waals surface area (Å²) in [6, 6.07) is 6.73. The van der Waals surface area contributed by atoms with Gasteiger partial charge in [-0.25, -0.2) is 0 Å². The smallest absolute Gasteiger partial charge is 0.170 e. The van der Waals surface area contributed by atoms with Gasteiger partial charge in [-0.3, -0.25) is 0 Å². The van der Waals surface area contributed by atoms with Gasteiger partial charge >= 0.3 is 6.18 Å². The van der Waals surface area contributed by atoms with Gasteiger partial charge in [-0.2, -0.15) is 13.2 Å². The zero-order valence-electron chi connectivity index (χ0n) is 11.1. The summed E-state index contributed by atoms with van der Waals surface area (Å²) >= 11 is 3.30. The Hall–Kier alpha value is -0.510. The van der Waals surface area contributed by atoms with Gasteiger partial charge in [-0.1, -0.05) is 72.8 Å². The molecule has 0 saturated carbocycles. The van der Waals surface area contributed by atoms with Crippen molar-refractivity contribution in [3.05, 3.63) is 35.4 Å². The van der Waals surface area contributed by atoms with Gasteiger partial charge in [0, 0.05) is 5.33 Å². The minimum atomic E-state index is -4.15. The second kappa shape index (κ2) is 7.93. The lowest BCUT2D eigenvalue weighted by atomic mass is 9.92. The van der Waals surface area contributed by atoms with Crippen LogP contribution in [-0.2, 0) is 5.33 Å². The second-order valence-electron chi connectivity index (χ2n) is 4.82. The summed E-state index contributed by atoms with van der Waals surface area (Å²) in [7, 11) is 0. The first-order valence-electron chi connectivity index (χ1n) is 6.70. The highest BCUT2D eigenvalue weighted by Gasteiger charge is 2.39. The Balaban J connectivity index is 2.72. The molecule has 1 unspecified atom stereocenters. The van der Waals surface area contributed by atoms with Crippen LogP contribution in [0.4, 0.5) is 13.2 Å². The maximum atomic E-state index is 13.1. The average Bonchev–Trinajstić information content (AvgIpc) is 2.37. The maximum absolute atomic E-state index is 13.1. The molecule has 1 aromatic carbocycles. The van der Waals surface area contributed by atoms with Gasteiger partial charge < -0.3 is 0 Å². The van der Waals surface area contributed by atoms with Gasteiger partial charge in [0.25, 0.3) is 0 Å². The molecule has 0 bridgehead atoms. The molecular formula is C15H20BrF3. The molecule has 0 fully saturated rings. The Morgan fingerprint density at radius 2 is 1.68 bits per heavy atom. The van der Waals surface area contributed by atoms with Gasteiger partial charge in [0.05, 0.1) is 5.92 Å². The molecule has 0 aliphatic heterocycles. The largest absolute Gasteiger partial charge is 0.395 e. The van der Waals surface area contributed by atoms with E-state index in [1.54, 1.807) is 24.3 Å². The van der Waals surface area contributed by atoms with Crippen LogP contribution in [0.5, 0.6) is 0 Å². The highest BCUT2D eigenvalue weighted by Crippen LogP contribution is 2.38. The molecule has 1 rings (SSSR count). The monoisotopic (exact) mass is 336 g/mol. The fourth-order valence-electron chi connectivity index (χ4n) is 2.13. The lowest BCUT2D eigenvalue weighted by Gasteiger charge is -2.21. The molecule has 0 saturated heterocycles. The van der Waals surface area contributed by atoms with Crippen LogP contribution in [0.15, 0.2) is 24.3 Å². The quantitative estimate of drug-likeness (QED) is 0.411. The van der Waals surface area contributed by atoms with E-state index in [1.807, 2.05) is 0 Å². The molecular weight excluding hydrogens is 317 g/mol. The molecule has 0 nitrogen and oxygen atoms in total. The third-order valence-electron chi connectivity index (χ3n) is 3.28. The summed E-state index contributed by atoms with van der Waals surface area (Å²) in [5, 5.41) is 0.667. The molecule has 0 amide bonds. The molecule has 0 aliphatic rings. The first-order valence-corrected chi connectivity index (χ1v) is 7.82. The van der Waals surface area contributed by atoms with Crippen molar-refractivity contribution in [1.82, 2.24) is 0 Å². The fourth-order valence-corrected chi connectivity index (χ4v) is 2.51. The molecule has 19 heavy (non-hydrogen) atoms. The molecule has 1 aromatic rings. The van der Waals surface area contributed by atoms with Crippen molar-refractivity contribution < 1.29 is 13.2 Å². The van der Waals surface area contributed by atoms with E-state index < -0.39 is 12.1 Å². The Bertz CT molecular complexity index is 357. The summed E-state index contributed by atoms with van der Waals surface area (Å²) < 4.78 is 39.3. The van der Waals surface area contributed by atoms with E-state index in [0.29, 0.717) is 17.3 Å². The van der Waals surface area contributed by atoms with Crippen molar-refractivity contribution in [2.75, 3.05) is 0 Å². The van der Waals surface area contributed by atoms with Crippen molar-refractivity contribution in [3.63, 3.8) is 0 Å². The van der Waals surface area contributed by atoms with Gasteiger partial charge in [-0.15, -0.1) is 0 Å². The number of benzene rings is 1. The Morgan fingerprint density at radius 3 is 2.16 bits per heavy atom. The molecule has 0 aromatic heterocycles. The molecule has 4 heteroatoms. The van der Waals surface area contributed by atoms with Crippen LogP contribution in [0.3, 0.4) is 0 Å². The first-order chi connectivity index (χ1) is 8.99. The number of hydrogen-bond donors (Lipinski definition) is 0. The zero-order valence-corrected chi connectivity index (χ0v) is 12.7. The van der Waals surface area contributed by atoms with Gasteiger partial charge in [0.1, 0.15) is 0 Å². The van der Waals surface area contributed by atoms with E-state index >= 15 is 0 Å². The van der Waals surface area contributed by atoms with Gasteiger partial charge in [-0.05, 0) is 17.5 Å². The predicted molar refractivity (Wildman–Crippen MR) is 76.6 cm³/mol. The van der Waals surface area contributed by atoms with Crippen molar-refractivity contribution in [3.8, 4) is 0 Å². The average molecular weight is 337 g/mol. The van der Waals surface area contributed by atoms with Crippen LogP contribution < -0.4 is 0 Å². The van der Waals surface area contributed by atoms with Crippen LogP contribution in [0, 0.1) is 0 Å². The van der Waals surface area contributed by atoms with Crippen LogP contribution in [0.25, 0.3) is 0 Å². The summed E-state index contributed by atoms with van der Waals surface area (Å²) in [6.45, 7) is 2.06. The van der Waals surface area contributed by atoms with Crippen molar-refractivity contribution in [2.45, 2.75) is 56.5 Å². The lowest BCUT2D eigenvalue weighted by molar-refractivity contribution is -0.152. The second-order valence-corrected chi connectivity index (χ2v) is 5.38. The number of halogens is 4. The molecule has 0 spiro atoms. The van der Waals surface area contributed by atoms with E-state index in [4.69, 9.17) is 0 Å². The van der Waals surface area contributed by atoms with Crippen LogP contribution in [0.1, 0.15) is 56.1 Å². The van der Waals surface area contributed by atoms with Crippen molar-refractivity contribution in [2.24, 2.45) is 0 Å². The first kappa shape index (κ1) is 16.5.